The van der Waals surface area contributed by atoms with Crippen molar-refractivity contribution in [3.8, 4) is 5.75 Å². The number of nitrogens with zero attached hydrogens (tertiary/aromatic N) is 1. The quantitative estimate of drug-likeness (QED) is 0.744. The van der Waals surface area contributed by atoms with Crippen molar-refractivity contribution in [1.82, 2.24) is 0 Å². The van der Waals surface area contributed by atoms with E-state index in [0.717, 1.165) is 11.1 Å². The van der Waals surface area contributed by atoms with E-state index < -0.39 is 11.3 Å². The average molecular weight is 403 g/mol. The van der Waals surface area contributed by atoms with E-state index in [-0.39, 0.29) is 30.9 Å². The van der Waals surface area contributed by atoms with Gasteiger partial charge in [0, 0.05) is 5.92 Å². The second kappa shape index (κ2) is 7.92. The van der Waals surface area contributed by atoms with Gasteiger partial charge in [0.15, 0.2) is 0 Å². The lowest BCUT2D eigenvalue weighted by Crippen LogP contribution is -2.41. The van der Waals surface area contributed by atoms with E-state index in [9.17, 15) is 9.59 Å². The maximum Gasteiger partial charge on any atom is 0.241 e. The van der Waals surface area contributed by atoms with Gasteiger partial charge in [0.05, 0.1) is 23.6 Å². The van der Waals surface area contributed by atoms with Gasteiger partial charge in [-0.1, -0.05) is 49.1 Å². The highest BCUT2D eigenvalue weighted by Gasteiger charge is 2.62. The van der Waals surface area contributed by atoms with Crippen molar-refractivity contribution in [1.29, 1.82) is 0 Å². The first-order valence-electron chi connectivity index (χ1n) is 10.1. The topological polar surface area (TPSA) is 66.8 Å². The summed E-state index contributed by atoms with van der Waals surface area (Å²) in [5, 5.41) is 8.94. The molecule has 0 saturated carbocycles. The number of hydrogen-bond donors (Lipinski definition) is 1. The summed E-state index contributed by atoms with van der Waals surface area (Å²) in [7, 11) is 0. The second-order valence-corrected chi connectivity index (χ2v) is 7.87. The highest BCUT2D eigenvalue weighted by molar-refractivity contribution is 6.24. The summed E-state index contributed by atoms with van der Waals surface area (Å²) in [6, 6.07) is 16.6. The van der Waals surface area contributed by atoms with Crippen LogP contribution in [0.1, 0.15) is 24.8 Å². The molecule has 154 valence electrons. The summed E-state index contributed by atoms with van der Waals surface area (Å²) in [4.78, 5) is 28.4. The third-order valence-electron chi connectivity index (χ3n) is 6.25. The second-order valence-electron chi connectivity index (χ2n) is 7.87. The minimum absolute atomic E-state index is 0.0561. The average Bonchev–Trinajstić information content (AvgIpc) is 2.98. The Hall–Kier alpha value is -3.18. The number of carbonyl (C=O) groups is 2. The van der Waals surface area contributed by atoms with Crippen LogP contribution in [0, 0.1) is 11.3 Å². The number of hydrogen-bond acceptors (Lipinski definition) is 4. The van der Waals surface area contributed by atoms with Crippen LogP contribution in [0.15, 0.2) is 78.9 Å². The van der Waals surface area contributed by atoms with Gasteiger partial charge in [-0.15, -0.1) is 0 Å². The van der Waals surface area contributed by atoms with E-state index in [0.29, 0.717) is 17.9 Å². The van der Waals surface area contributed by atoms with Gasteiger partial charge in [0.2, 0.25) is 11.8 Å². The molecule has 3 atom stereocenters. The monoisotopic (exact) mass is 403 g/mol. The lowest BCUT2D eigenvalue weighted by molar-refractivity contribution is -0.127. The number of para-hydroxylation sites is 1. The van der Waals surface area contributed by atoms with Gasteiger partial charge < -0.3 is 9.84 Å². The number of fused-ring (bicyclic) bond motifs is 1. The SMILES string of the molecule is C=CC1=CC[C@H]2C(=O)N(c3ccccc3)C(=O)[C@@]2(C)[C@H]1c1ccc(OCCO)cc1. The van der Waals surface area contributed by atoms with Gasteiger partial charge in [-0.25, -0.2) is 4.90 Å². The Balaban J connectivity index is 1.76. The molecule has 1 saturated heterocycles. The number of ether oxygens (including phenoxy) is 1. The van der Waals surface area contributed by atoms with Crippen molar-refractivity contribution in [2.24, 2.45) is 11.3 Å². The van der Waals surface area contributed by atoms with Crippen molar-refractivity contribution >= 4 is 17.5 Å². The van der Waals surface area contributed by atoms with Crippen LogP contribution < -0.4 is 9.64 Å². The summed E-state index contributed by atoms with van der Waals surface area (Å²) in [6.45, 7) is 6.02. The molecule has 5 nitrogen and oxygen atoms in total. The fraction of sp³-hybridized carbons (Fsp3) is 0.280. The third kappa shape index (κ3) is 3.06. The molecule has 0 aromatic heterocycles. The Morgan fingerprint density at radius 3 is 2.50 bits per heavy atom. The predicted octanol–water partition coefficient (Wildman–Crippen LogP) is 3.85. The van der Waals surface area contributed by atoms with Crippen molar-refractivity contribution in [2.45, 2.75) is 19.3 Å². The zero-order valence-corrected chi connectivity index (χ0v) is 17.0. The molecule has 2 aromatic carbocycles. The lowest BCUT2D eigenvalue weighted by atomic mass is 9.60. The first kappa shape index (κ1) is 20.1. The van der Waals surface area contributed by atoms with Crippen LogP contribution >= 0.6 is 0 Å². The molecular formula is C25H25NO4. The van der Waals surface area contributed by atoms with E-state index in [1.54, 1.807) is 18.2 Å². The standard InChI is InChI=1S/C25H25NO4/c1-3-17-11-14-21-23(28)26(19-7-5-4-6-8-19)24(29)25(21,2)22(17)18-9-12-20(13-10-18)30-16-15-27/h3-13,21-22,27H,1,14-16H2,2H3/t21-,22+,25+/m0/s1. The van der Waals surface area contributed by atoms with E-state index in [1.165, 1.54) is 4.90 Å². The molecule has 2 aliphatic rings. The van der Waals surface area contributed by atoms with E-state index in [1.807, 2.05) is 55.5 Å². The van der Waals surface area contributed by atoms with Crippen LogP contribution in [0.2, 0.25) is 0 Å². The van der Waals surface area contributed by atoms with Crippen LogP contribution in [-0.2, 0) is 9.59 Å². The summed E-state index contributed by atoms with van der Waals surface area (Å²) in [5.74, 6) is -0.396. The number of aliphatic hydroxyl groups excluding tert-OH is 1. The van der Waals surface area contributed by atoms with Gasteiger partial charge >= 0.3 is 0 Å². The molecule has 5 heteroatoms. The van der Waals surface area contributed by atoms with Crippen molar-refractivity contribution in [2.75, 3.05) is 18.1 Å². The molecule has 1 fully saturated rings. The zero-order valence-electron chi connectivity index (χ0n) is 17.0. The molecule has 1 aliphatic carbocycles. The molecule has 0 spiro atoms. The fourth-order valence-electron chi connectivity index (χ4n) is 4.77. The fourth-order valence-corrected chi connectivity index (χ4v) is 4.77. The Bertz CT molecular complexity index is 996. The molecule has 1 aliphatic heterocycles. The number of carbonyl (C=O) groups excluding carboxylic acids is 2. The number of imide groups is 1. The molecule has 4 rings (SSSR count). The Kier molecular flexibility index (Phi) is 5.31. The summed E-state index contributed by atoms with van der Waals surface area (Å²) in [6.07, 6.45) is 4.32. The van der Waals surface area contributed by atoms with E-state index >= 15 is 0 Å². The van der Waals surface area contributed by atoms with Gasteiger partial charge in [-0.3, -0.25) is 9.59 Å². The molecule has 2 amide bonds. The molecule has 0 unspecified atom stereocenters. The zero-order chi connectivity index (χ0) is 21.3. The van der Waals surface area contributed by atoms with Crippen molar-refractivity contribution in [3.05, 3.63) is 84.5 Å². The molecule has 1 N–H and O–H groups in total. The Morgan fingerprint density at radius 1 is 1.17 bits per heavy atom. The van der Waals surface area contributed by atoms with Crippen molar-refractivity contribution in [3.63, 3.8) is 0 Å². The first-order valence-corrected chi connectivity index (χ1v) is 10.1. The first-order chi connectivity index (χ1) is 14.5. The highest BCUT2D eigenvalue weighted by atomic mass is 16.5. The van der Waals surface area contributed by atoms with Crippen LogP contribution in [-0.4, -0.2) is 30.1 Å². The number of rotatable bonds is 6. The maximum atomic E-state index is 13.7. The molecule has 0 radical (unpaired) electrons. The van der Waals surface area contributed by atoms with E-state index in [2.05, 4.69) is 6.58 Å². The van der Waals surface area contributed by atoms with Crippen LogP contribution in [0.25, 0.3) is 0 Å². The summed E-state index contributed by atoms with van der Waals surface area (Å²) >= 11 is 0. The minimum Gasteiger partial charge on any atom is -0.491 e. The molecule has 30 heavy (non-hydrogen) atoms. The number of amides is 2. The molecule has 0 bridgehead atoms. The van der Waals surface area contributed by atoms with Crippen LogP contribution in [0.5, 0.6) is 5.75 Å². The van der Waals surface area contributed by atoms with Gasteiger partial charge in [0.25, 0.3) is 0 Å². The normalized spacial score (nSPS) is 25.7. The Labute approximate surface area is 176 Å². The number of aliphatic hydroxyl groups is 1. The minimum atomic E-state index is -0.904. The number of benzene rings is 2. The third-order valence-corrected chi connectivity index (χ3v) is 6.25. The maximum absolute atomic E-state index is 13.7. The van der Waals surface area contributed by atoms with Gasteiger partial charge in [-0.05, 0) is 48.7 Å². The predicted molar refractivity (Wildman–Crippen MR) is 115 cm³/mol. The molecular weight excluding hydrogens is 378 g/mol. The van der Waals surface area contributed by atoms with Crippen LogP contribution in [0.4, 0.5) is 5.69 Å². The van der Waals surface area contributed by atoms with Crippen molar-refractivity contribution < 1.29 is 19.4 Å². The largest absolute Gasteiger partial charge is 0.491 e. The lowest BCUT2D eigenvalue weighted by Gasteiger charge is -2.40. The summed E-state index contributed by atoms with van der Waals surface area (Å²) in [5.41, 5.74) is 1.59. The molecule has 2 aromatic rings. The van der Waals surface area contributed by atoms with Crippen LogP contribution in [0.3, 0.4) is 0 Å². The number of allylic oxidation sites excluding steroid dienone is 3. The highest BCUT2D eigenvalue weighted by Crippen LogP contribution is 2.56. The smallest absolute Gasteiger partial charge is 0.241 e. The van der Waals surface area contributed by atoms with Gasteiger partial charge in [0.1, 0.15) is 12.4 Å². The van der Waals surface area contributed by atoms with E-state index in [4.69, 9.17) is 9.84 Å². The summed E-state index contributed by atoms with van der Waals surface area (Å²) < 4.78 is 5.46. The van der Waals surface area contributed by atoms with Gasteiger partial charge in [-0.2, -0.15) is 0 Å². The number of anilines is 1. The molecule has 1 heterocycles. The Morgan fingerprint density at radius 2 is 1.87 bits per heavy atom.